The molecule has 0 atom stereocenters. The Hall–Kier alpha value is 0.320. The summed E-state index contributed by atoms with van der Waals surface area (Å²) in [7, 11) is -10.7. The van der Waals surface area contributed by atoms with Gasteiger partial charge in [0.15, 0.2) is 0 Å². The predicted molar refractivity (Wildman–Crippen MR) is 82.9 cm³/mol. The van der Waals surface area contributed by atoms with Gasteiger partial charge in [0.2, 0.25) is 0 Å². The van der Waals surface area contributed by atoms with Crippen LogP contribution < -0.4 is 0 Å². The van der Waals surface area contributed by atoms with Crippen LogP contribution >= 0.6 is 16.2 Å². The predicted octanol–water partition coefficient (Wildman–Crippen LogP) is 5.88. The fraction of sp³-hybridized carbons (Fsp3) is 1.00. The summed E-state index contributed by atoms with van der Waals surface area (Å²) in [4.78, 5) is 0. The number of halogens is 6. The van der Waals surface area contributed by atoms with Crippen LogP contribution in [0.2, 0.25) is 0 Å². The van der Waals surface area contributed by atoms with Gasteiger partial charge in [0.1, 0.15) is 0 Å². The van der Waals surface area contributed by atoms with Crippen molar-refractivity contribution in [2.24, 2.45) is 0 Å². The van der Waals surface area contributed by atoms with Crippen molar-refractivity contribution in [2.45, 2.75) is 38.5 Å². The fourth-order valence-electron chi connectivity index (χ4n) is 3.17. The van der Waals surface area contributed by atoms with Gasteiger partial charge in [-0.05, 0) is 38.5 Å². The zero-order valence-corrected chi connectivity index (χ0v) is 14.8. The molecule has 23 heavy (non-hydrogen) atoms. The summed E-state index contributed by atoms with van der Waals surface area (Å²) < 4.78 is 67.6. The standard InChI is InChI=1S/C12H24N3P.F6P/c1-2-8-13(7-1)16(14-9-3-4-10-14)15-11-5-6-12-15;1-7(2,3,4,5)6/h1-12H2;/q+1;-1. The van der Waals surface area contributed by atoms with Gasteiger partial charge in [0.25, 0.3) is 0 Å². The van der Waals surface area contributed by atoms with E-state index in [1.165, 1.54) is 77.8 Å². The summed E-state index contributed by atoms with van der Waals surface area (Å²) >= 11 is 0. The van der Waals surface area contributed by atoms with E-state index < -0.39 is 7.81 Å². The summed E-state index contributed by atoms with van der Waals surface area (Å²) in [5, 5.41) is 0. The molecule has 3 aliphatic heterocycles. The Morgan fingerprint density at radius 2 is 0.652 bits per heavy atom. The number of rotatable bonds is 3. The third-order valence-corrected chi connectivity index (χ3v) is 6.72. The molecule has 3 heterocycles. The summed E-state index contributed by atoms with van der Waals surface area (Å²) in [5.74, 6) is 0. The van der Waals surface area contributed by atoms with Gasteiger partial charge in [-0.1, -0.05) is 0 Å². The first-order valence-corrected chi connectivity index (χ1v) is 11.2. The zero-order valence-electron chi connectivity index (χ0n) is 13.0. The molecular formula is C12H24F6N3P2. The minimum atomic E-state index is -10.7. The van der Waals surface area contributed by atoms with E-state index in [9.17, 15) is 25.2 Å². The van der Waals surface area contributed by atoms with Crippen LogP contribution in [-0.2, 0) is 0 Å². The molecule has 0 unspecified atom stereocenters. The van der Waals surface area contributed by atoms with Gasteiger partial charge in [0.05, 0.1) is 0 Å². The first-order chi connectivity index (χ1) is 10.4. The SMILES string of the molecule is C1CCN([P+](N2CCCC2)N2CCCC2)C1.F[P-](F)(F)(F)(F)F. The molecule has 0 aromatic carbocycles. The van der Waals surface area contributed by atoms with Crippen molar-refractivity contribution in [1.82, 2.24) is 14.0 Å². The Morgan fingerprint density at radius 3 is 0.826 bits per heavy atom. The Balaban J connectivity index is 0.000000236. The van der Waals surface area contributed by atoms with E-state index >= 15 is 0 Å². The van der Waals surface area contributed by atoms with Gasteiger partial charge < -0.3 is 0 Å². The Kier molecular flexibility index (Phi) is 5.60. The van der Waals surface area contributed by atoms with E-state index in [2.05, 4.69) is 14.0 Å². The molecule has 0 spiro atoms. The van der Waals surface area contributed by atoms with Gasteiger partial charge in [-0.3, -0.25) is 0 Å². The average Bonchev–Trinajstić information content (AvgIpc) is 3.09. The first kappa shape index (κ1) is 19.6. The van der Waals surface area contributed by atoms with Crippen molar-refractivity contribution in [3.63, 3.8) is 0 Å². The third-order valence-electron chi connectivity index (χ3n) is 4.01. The molecule has 0 N–H and O–H groups in total. The zero-order chi connectivity index (χ0) is 17.2. The van der Waals surface area contributed by atoms with Crippen molar-refractivity contribution >= 4 is 16.2 Å². The van der Waals surface area contributed by atoms with Gasteiger partial charge in [-0.25, -0.2) is 0 Å². The summed E-state index contributed by atoms with van der Waals surface area (Å²) in [6.07, 6.45) is 8.59. The van der Waals surface area contributed by atoms with Crippen LogP contribution in [0.1, 0.15) is 38.5 Å². The van der Waals surface area contributed by atoms with Crippen LogP contribution in [0, 0.1) is 0 Å². The van der Waals surface area contributed by atoms with E-state index in [0.717, 1.165) is 0 Å². The Morgan fingerprint density at radius 1 is 0.478 bits per heavy atom. The molecule has 139 valence electrons. The molecule has 0 saturated carbocycles. The van der Waals surface area contributed by atoms with Gasteiger partial charge in [0, 0.05) is 39.3 Å². The monoisotopic (exact) mass is 386 g/mol. The first-order valence-electron chi connectivity index (χ1n) is 8.01. The molecule has 0 amide bonds. The van der Waals surface area contributed by atoms with Crippen LogP contribution in [-0.4, -0.2) is 53.3 Å². The second-order valence-electron chi connectivity index (χ2n) is 6.21. The summed E-state index contributed by atoms with van der Waals surface area (Å²) in [6, 6.07) is 0. The van der Waals surface area contributed by atoms with Gasteiger partial charge in [-0.2, -0.15) is 0 Å². The third kappa shape index (κ3) is 8.30. The van der Waals surface area contributed by atoms with E-state index in [1.54, 1.807) is 0 Å². The molecule has 3 saturated heterocycles. The number of hydrogen-bond donors (Lipinski definition) is 0. The molecule has 3 nitrogen and oxygen atoms in total. The second kappa shape index (κ2) is 6.56. The van der Waals surface area contributed by atoms with Gasteiger partial charge >= 0.3 is 41.4 Å². The summed E-state index contributed by atoms with van der Waals surface area (Å²) in [6.45, 7) is 8.16. The van der Waals surface area contributed by atoms with Crippen molar-refractivity contribution in [1.29, 1.82) is 0 Å². The molecule has 11 heteroatoms. The molecule has 1 radical (unpaired) electrons. The molecule has 3 aliphatic rings. The van der Waals surface area contributed by atoms with Crippen molar-refractivity contribution in [3.8, 4) is 0 Å². The maximum atomic E-state index is 9.87. The van der Waals surface area contributed by atoms with Crippen LogP contribution in [0.5, 0.6) is 0 Å². The van der Waals surface area contributed by atoms with E-state index in [-0.39, 0.29) is 8.37 Å². The van der Waals surface area contributed by atoms with Crippen LogP contribution in [0.3, 0.4) is 0 Å². The molecule has 0 bridgehead atoms. The summed E-state index contributed by atoms with van der Waals surface area (Å²) in [5.41, 5.74) is 0. The van der Waals surface area contributed by atoms with Crippen molar-refractivity contribution < 1.29 is 25.2 Å². The second-order valence-corrected chi connectivity index (χ2v) is 10.4. The molecule has 0 aromatic rings. The normalized spacial score (nSPS) is 27.8. The molecule has 3 rings (SSSR count). The average molecular weight is 386 g/mol. The van der Waals surface area contributed by atoms with Crippen molar-refractivity contribution in [3.05, 3.63) is 0 Å². The molecule has 3 fully saturated rings. The van der Waals surface area contributed by atoms with E-state index in [4.69, 9.17) is 0 Å². The van der Waals surface area contributed by atoms with Crippen LogP contribution in [0.25, 0.3) is 0 Å². The Bertz CT molecular complexity index is 336. The molecular weight excluding hydrogens is 362 g/mol. The Labute approximate surface area is 134 Å². The maximum absolute atomic E-state index is 10.7. The van der Waals surface area contributed by atoms with Crippen LogP contribution in [0.15, 0.2) is 0 Å². The van der Waals surface area contributed by atoms with E-state index in [0.29, 0.717) is 0 Å². The van der Waals surface area contributed by atoms with Crippen molar-refractivity contribution in [2.75, 3.05) is 39.3 Å². The number of nitrogens with zero attached hydrogens (tertiary/aromatic N) is 3. The minimum absolute atomic E-state index is 0.0640. The van der Waals surface area contributed by atoms with E-state index in [1.807, 2.05) is 0 Å². The topological polar surface area (TPSA) is 9.72 Å². The quantitative estimate of drug-likeness (QED) is 0.443. The fourth-order valence-corrected chi connectivity index (χ4v) is 6.17. The molecule has 0 aliphatic carbocycles. The molecule has 0 aromatic heterocycles. The van der Waals surface area contributed by atoms with Crippen LogP contribution in [0.4, 0.5) is 25.2 Å². The number of hydrogen-bond acceptors (Lipinski definition) is 3. The van der Waals surface area contributed by atoms with Gasteiger partial charge in [-0.15, -0.1) is 14.0 Å².